The van der Waals surface area contributed by atoms with Crippen LogP contribution in [0.2, 0.25) is 5.02 Å². The lowest BCUT2D eigenvalue weighted by Gasteiger charge is -2.28. The van der Waals surface area contributed by atoms with Gasteiger partial charge in [0.1, 0.15) is 5.75 Å². The van der Waals surface area contributed by atoms with Crippen LogP contribution in [0.1, 0.15) is 39.2 Å². The number of amides is 1. The van der Waals surface area contributed by atoms with Gasteiger partial charge in [-0.15, -0.1) is 0 Å². The Hall–Kier alpha value is -4.54. The quantitative estimate of drug-likeness (QED) is 0.173. The number of sulfonamides is 1. The van der Waals surface area contributed by atoms with Crippen LogP contribution in [0.3, 0.4) is 0 Å². The van der Waals surface area contributed by atoms with Gasteiger partial charge in [0, 0.05) is 28.0 Å². The molecule has 1 amide bonds. The minimum atomic E-state index is -4.08. The molecule has 8 nitrogen and oxygen atoms in total. The second kappa shape index (κ2) is 13.4. The fraction of sp³-hybridized carbons (Fsp3) is 0.167. The average molecular weight is 655 g/mol. The predicted molar refractivity (Wildman–Crippen MR) is 178 cm³/mol. The smallest absolute Gasteiger partial charge is 0.265 e. The van der Waals surface area contributed by atoms with Crippen LogP contribution in [0.25, 0.3) is 23.1 Å². The molecule has 46 heavy (non-hydrogen) atoms. The first-order valence-electron chi connectivity index (χ1n) is 14.7. The molecule has 4 aromatic carbocycles. The average Bonchev–Trinajstić information content (AvgIpc) is 3.57. The second-order valence-electron chi connectivity index (χ2n) is 10.8. The maximum absolute atomic E-state index is 13.4. The number of hydrogen-bond acceptors (Lipinski definition) is 7. The lowest BCUT2D eigenvalue weighted by molar-refractivity contribution is -0.170. The molecule has 0 radical (unpaired) electrons. The van der Waals surface area contributed by atoms with Gasteiger partial charge in [-0.05, 0) is 72.2 Å². The van der Waals surface area contributed by atoms with Gasteiger partial charge in [0.05, 0.1) is 36.4 Å². The van der Waals surface area contributed by atoms with E-state index in [9.17, 15) is 13.2 Å². The highest BCUT2D eigenvalue weighted by molar-refractivity contribution is 7.90. The van der Waals surface area contributed by atoms with E-state index in [0.717, 1.165) is 27.7 Å². The summed E-state index contributed by atoms with van der Waals surface area (Å²) in [5, 5.41) is 1.65. The number of carbonyl (C=O) groups is 1. The molecule has 6 rings (SSSR count). The van der Waals surface area contributed by atoms with Crippen molar-refractivity contribution in [2.24, 2.45) is 0 Å². The molecule has 10 heteroatoms. The van der Waals surface area contributed by atoms with E-state index in [4.69, 9.17) is 30.8 Å². The fourth-order valence-corrected chi connectivity index (χ4v) is 6.57. The van der Waals surface area contributed by atoms with Crippen LogP contribution >= 0.6 is 11.6 Å². The summed E-state index contributed by atoms with van der Waals surface area (Å²) in [6, 6.07) is 30.3. The molecule has 1 aromatic heterocycles. The lowest BCUT2D eigenvalue weighted by Crippen LogP contribution is -2.32. The van der Waals surface area contributed by atoms with Gasteiger partial charge in [-0.25, -0.2) is 18.1 Å². The van der Waals surface area contributed by atoms with Crippen molar-refractivity contribution < 1.29 is 27.4 Å². The van der Waals surface area contributed by atoms with Crippen LogP contribution in [0, 0.1) is 0 Å². The third kappa shape index (κ3) is 6.98. The minimum absolute atomic E-state index is 0.00534. The zero-order valence-corrected chi connectivity index (χ0v) is 26.6. The van der Waals surface area contributed by atoms with E-state index in [1.54, 1.807) is 30.3 Å². The number of nitrogens with one attached hydrogen (secondary N) is 1. The van der Waals surface area contributed by atoms with Crippen LogP contribution in [-0.4, -0.2) is 39.6 Å². The predicted octanol–water partition coefficient (Wildman–Crippen LogP) is 7.02. The standard InChI is InChI=1S/C36H31ClN2O6S/c1-43-31-17-13-26(33(24-31)35(40)39-46(41,42)32-8-3-2-4-9-32)18-19-36(44-20-21-45-36)28-7-5-6-25(22-28)10-15-30-16-12-27-11-14-29(37)23-34(27)38-30/h2-17,22-24H,18-21H2,1H3,(H,39,40)/b15-10+. The minimum Gasteiger partial charge on any atom is -0.497 e. The molecule has 0 aliphatic carbocycles. The third-order valence-electron chi connectivity index (χ3n) is 7.77. The molecule has 1 fully saturated rings. The van der Waals surface area contributed by atoms with Crippen LogP contribution in [0.15, 0.2) is 108 Å². The summed E-state index contributed by atoms with van der Waals surface area (Å²) in [5.41, 5.74) is 4.18. The summed E-state index contributed by atoms with van der Waals surface area (Å²) in [4.78, 5) is 18.1. The van der Waals surface area contributed by atoms with E-state index in [-0.39, 0.29) is 10.5 Å². The number of ether oxygens (including phenoxy) is 3. The summed E-state index contributed by atoms with van der Waals surface area (Å²) in [5.74, 6) is -1.37. The van der Waals surface area contributed by atoms with E-state index < -0.39 is 21.7 Å². The van der Waals surface area contributed by atoms with Crippen molar-refractivity contribution in [3.8, 4) is 5.75 Å². The third-order valence-corrected chi connectivity index (χ3v) is 9.35. The Balaban J connectivity index is 1.23. The molecule has 2 heterocycles. The van der Waals surface area contributed by atoms with Gasteiger partial charge in [0.2, 0.25) is 0 Å². The summed E-state index contributed by atoms with van der Waals surface area (Å²) < 4.78 is 45.8. The van der Waals surface area contributed by atoms with E-state index in [2.05, 4.69) is 4.72 Å². The lowest BCUT2D eigenvalue weighted by atomic mass is 9.94. The molecule has 0 unspecified atom stereocenters. The maximum Gasteiger partial charge on any atom is 0.265 e. The summed E-state index contributed by atoms with van der Waals surface area (Å²) in [6.07, 6.45) is 4.66. The van der Waals surface area contributed by atoms with Crippen molar-refractivity contribution in [3.63, 3.8) is 0 Å². The van der Waals surface area contributed by atoms with E-state index in [0.29, 0.717) is 42.4 Å². The molecule has 234 valence electrons. The summed E-state index contributed by atoms with van der Waals surface area (Å²) in [6.45, 7) is 0.823. The Kier molecular flexibility index (Phi) is 9.19. The number of carbonyl (C=O) groups excluding carboxylic acids is 1. The van der Waals surface area contributed by atoms with Gasteiger partial charge in [0.15, 0.2) is 5.79 Å². The molecule has 0 atom stereocenters. The molecule has 1 N–H and O–H groups in total. The number of hydrogen-bond donors (Lipinski definition) is 1. The molecule has 0 spiro atoms. The van der Waals surface area contributed by atoms with Crippen molar-refractivity contribution in [2.75, 3.05) is 20.3 Å². The molecule has 0 saturated carbocycles. The number of fused-ring (bicyclic) bond motifs is 1. The molecular weight excluding hydrogens is 624 g/mol. The largest absolute Gasteiger partial charge is 0.497 e. The van der Waals surface area contributed by atoms with Crippen molar-refractivity contribution in [1.82, 2.24) is 9.71 Å². The summed E-state index contributed by atoms with van der Waals surface area (Å²) in [7, 11) is -2.59. The number of methoxy groups -OCH3 is 1. The van der Waals surface area contributed by atoms with Crippen molar-refractivity contribution >= 4 is 50.6 Å². The number of pyridine rings is 1. The Labute approximate surface area is 272 Å². The van der Waals surface area contributed by atoms with Crippen LogP contribution in [0.4, 0.5) is 0 Å². The van der Waals surface area contributed by atoms with Crippen molar-refractivity contribution in [2.45, 2.75) is 23.5 Å². The number of rotatable bonds is 10. The molecule has 0 bridgehead atoms. The monoisotopic (exact) mass is 654 g/mol. The van der Waals surface area contributed by atoms with E-state index in [1.165, 1.54) is 25.3 Å². The first kappa shape index (κ1) is 31.4. The Morgan fingerprint density at radius 1 is 0.935 bits per heavy atom. The molecule has 5 aromatic rings. The van der Waals surface area contributed by atoms with E-state index in [1.807, 2.05) is 66.7 Å². The van der Waals surface area contributed by atoms with Gasteiger partial charge in [0.25, 0.3) is 15.9 Å². The number of halogens is 1. The highest BCUT2D eigenvalue weighted by Crippen LogP contribution is 2.37. The highest BCUT2D eigenvalue weighted by Gasteiger charge is 2.38. The van der Waals surface area contributed by atoms with Crippen molar-refractivity contribution in [3.05, 3.63) is 136 Å². The van der Waals surface area contributed by atoms with Gasteiger partial charge in [-0.3, -0.25) is 4.79 Å². The number of aryl methyl sites for hydroxylation is 1. The number of aromatic nitrogens is 1. The molecule has 1 saturated heterocycles. The molecule has 1 aliphatic heterocycles. The Morgan fingerprint density at radius 3 is 2.50 bits per heavy atom. The number of benzene rings is 4. The molecular formula is C36H31ClN2O6S. The highest BCUT2D eigenvalue weighted by atomic mass is 35.5. The Morgan fingerprint density at radius 2 is 1.72 bits per heavy atom. The van der Waals surface area contributed by atoms with Crippen LogP contribution in [0.5, 0.6) is 5.75 Å². The van der Waals surface area contributed by atoms with Crippen molar-refractivity contribution in [1.29, 1.82) is 0 Å². The van der Waals surface area contributed by atoms with E-state index >= 15 is 0 Å². The zero-order chi connectivity index (χ0) is 32.1. The SMILES string of the molecule is COc1ccc(CCC2(c3cccc(/C=C/c4ccc5ccc(Cl)cc5n4)c3)OCCO2)c(C(=O)NS(=O)(=O)c2ccccc2)c1. The van der Waals surface area contributed by atoms with Crippen LogP contribution in [-0.2, 0) is 31.7 Å². The Bertz CT molecular complexity index is 2030. The normalized spacial score (nSPS) is 14.5. The topological polar surface area (TPSA) is 104 Å². The zero-order valence-electron chi connectivity index (χ0n) is 25.0. The number of nitrogens with zero attached hydrogens (tertiary/aromatic N) is 1. The van der Waals surface area contributed by atoms with Crippen LogP contribution < -0.4 is 9.46 Å². The van der Waals surface area contributed by atoms with Gasteiger partial charge < -0.3 is 14.2 Å². The maximum atomic E-state index is 13.4. The van der Waals surface area contributed by atoms with Gasteiger partial charge in [-0.2, -0.15) is 0 Å². The fourth-order valence-electron chi connectivity index (χ4n) is 5.42. The first-order valence-corrected chi connectivity index (χ1v) is 16.5. The summed E-state index contributed by atoms with van der Waals surface area (Å²) >= 11 is 6.16. The second-order valence-corrected chi connectivity index (χ2v) is 12.9. The first-order chi connectivity index (χ1) is 22.2. The van der Waals surface area contributed by atoms with Gasteiger partial charge >= 0.3 is 0 Å². The molecule has 1 aliphatic rings. The van der Waals surface area contributed by atoms with Gasteiger partial charge in [-0.1, -0.05) is 72.3 Å².